The molecule has 216 valence electrons. The lowest BCUT2D eigenvalue weighted by Gasteiger charge is -2.44. The van der Waals surface area contributed by atoms with Gasteiger partial charge < -0.3 is 9.80 Å². The highest BCUT2D eigenvalue weighted by Crippen LogP contribution is 2.46. The highest BCUT2D eigenvalue weighted by atomic mass is 15.2. The molecule has 0 atom stereocenters. The fourth-order valence-corrected chi connectivity index (χ4v) is 8.16. The minimum absolute atomic E-state index is 0.169. The Balaban J connectivity index is 1.31. The Bertz CT molecular complexity index is 2000. The maximum absolute atomic E-state index is 2.56. The molecular formula is C42H35BN2. The lowest BCUT2D eigenvalue weighted by molar-refractivity contribution is 0.444. The minimum atomic E-state index is 0.169. The zero-order valence-electron chi connectivity index (χ0n) is 25.4. The molecule has 0 aromatic heterocycles. The van der Waals surface area contributed by atoms with Crippen LogP contribution >= 0.6 is 0 Å². The molecule has 1 aliphatic carbocycles. The average molecular weight is 579 g/mol. The molecule has 0 saturated heterocycles. The second-order valence-corrected chi connectivity index (χ2v) is 12.8. The van der Waals surface area contributed by atoms with Crippen LogP contribution in [0.5, 0.6) is 0 Å². The molecule has 3 aliphatic rings. The molecule has 0 bridgehead atoms. The Labute approximate surface area is 266 Å². The SMILES string of the molecule is c1ccc(-c2ccc(N3c4ccccc4B4c5ccccc5N(c5ccccc5)c5cc(C6CCCCC6)cc3c54)cc2)cc1. The number of hydrogen-bond acceptors (Lipinski definition) is 2. The van der Waals surface area contributed by atoms with E-state index in [0.717, 1.165) is 0 Å². The lowest BCUT2D eigenvalue weighted by Crippen LogP contribution is -2.61. The number of hydrogen-bond donors (Lipinski definition) is 0. The highest BCUT2D eigenvalue weighted by molar-refractivity contribution is 7.00. The summed E-state index contributed by atoms with van der Waals surface area (Å²) in [5.74, 6) is 0.591. The van der Waals surface area contributed by atoms with Crippen molar-refractivity contribution < 1.29 is 0 Å². The van der Waals surface area contributed by atoms with Crippen molar-refractivity contribution in [3.05, 3.63) is 151 Å². The van der Waals surface area contributed by atoms with Crippen LogP contribution < -0.4 is 26.2 Å². The predicted octanol–water partition coefficient (Wildman–Crippen LogP) is 9.48. The van der Waals surface area contributed by atoms with Crippen LogP contribution in [0.3, 0.4) is 0 Å². The molecule has 2 nitrogen and oxygen atoms in total. The van der Waals surface area contributed by atoms with Gasteiger partial charge in [0.2, 0.25) is 0 Å². The van der Waals surface area contributed by atoms with Crippen molar-refractivity contribution in [1.82, 2.24) is 0 Å². The molecule has 0 unspecified atom stereocenters. The quantitative estimate of drug-likeness (QED) is 0.192. The van der Waals surface area contributed by atoms with Crippen molar-refractivity contribution in [3.8, 4) is 11.1 Å². The van der Waals surface area contributed by atoms with Crippen LogP contribution in [-0.4, -0.2) is 6.71 Å². The first-order chi connectivity index (χ1) is 22.3. The molecule has 2 heterocycles. The van der Waals surface area contributed by atoms with E-state index < -0.39 is 0 Å². The van der Waals surface area contributed by atoms with Crippen LogP contribution in [0, 0.1) is 0 Å². The number of fused-ring (bicyclic) bond motifs is 4. The van der Waals surface area contributed by atoms with Crippen molar-refractivity contribution in [1.29, 1.82) is 0 Å². The molecular weight excluding hydrogens is 543 g/mol. The van der Waals surface area contributed by atoms with Gasteiger partial charge in [-0.3, -0.25) is 0 Å². The van der Waals surface area contributed by atoms with E-state index in [0.29, 0.717) is 5.92 Å². The number of para-hydroxylation sites is 3. The maximum atomic E-state index is 2.56. The molecule has 1 saturated carbocycles. The smallest absolute Gasteiger partial charge is 0.252 e. The van der Waals surface area contributed by atoms with Gasteiger partial charge in [0.1, 0.15) is 0 Å². The second kappa shape index (κ2) is 10.9. The summed E-state index contributed by atoms with van der Waals surface area (Å²) in [4.78, 5) is 5.07. The largest absolute Gasteiger partial charge is 0.311 e. The van der Waals surface area contributed by atoms with Crippen molar-refractivity contribution in [2.75, 3.05) is 9.80 Å². The maximum Gasteiger partial charge on any atom is 0.252 e. The molecule has 6 aromatic carbocycles. The molecule has 45 heavy (non-hydrogen) atoms. The van der Waals surface area contributed by atoms with Crippen LogP contribution in [0.2, 0.25) is 0 Å². The van der Waals surface area contributed by atoms with Gasteiger partial charge in [0, 0.05) is 34.1 Å². The van der Waals surface area contributed by atoms with Gasteiger partial charge in [0.05, 0.1) is 0 Å². The molecule has 6 aromatic rings. The molecule has 9 rings (SSSR count). The van der Waals surface area contributed by atoms with E-state index in [4.69, 9.17) is 0 Å². The third kappa shape index (κ3) is 4.33. The van der Waals surface area contributed by atoms with Gasteiger partial charge in [-0.05, 0) is 100 Å². The lowest BCUT2D eigenvalue weighted by atomic mass is 9.33. The summed E-state index contributed by atoms with van der Waals surface area (Å²) >= 11 is 0. The van der Waals surface area contributed by atoms with Crippen molar-refractivity contribution in [2.24, 2.45) is 0 Å². The number of nitrogens with zero attached hydrogens (tertiary/aromatic N) is 2. The van der Waals surface area contributed by atoms with Gasteiger partial charge in [0.25, 0.3) is 6.71 Å². The standard InChI is InChI=1S/C42H35BN2/c1-4-14-30(15-5-1)32-24-26-35(27-25-32)45-39-23-13-11-21-37(39)43-36-20-10-12-22-38(36)44(34-18-8-3-9-19-34)40-28-33(29-41(45)42(40)43)31-16-6-2-7-17-31/h1,3-5,8-15,18-29,31H,2,6-7,16-17H2. The summed E-state index contributed by atoms with van der Waals surface area (Å²) in [5, 5.41) is 0. The molecule has 0 N–H and O–H groups in total. The average Bonchev–Trinajstić information content (AvgIpc) is 3.12. The van der Waals surface area contributed by atoms with E-state index in [1.165, 1.54) is 99.3 Å². The molecule has 0 spiro atoms. The summed E-state index contributed by atoms with van der Waals surface area (Å²) < 4.78 is 0. The number of benzene rings is 6. The first kappa shape index (κ1) is 26.4. The van der Waals surface area contributed by atoms with Crippen molar-refractivity contribution >= 4 is 57.2 Å². The Morgan fingerprint density at radius 1 is 0.444 bits per heavy atom. The monoisotopic (exact) mass is 578 g/mol. The van der Waals surface area contributed by atoms with Gasteiger partial charge in [-0.2, -0.15) is 0 Å². The van der Waals surface area contributed by atoms with Crippen molar-refractivity contribution in [3.63, 3.8) is 0 Å². The summed E-state index contributed by atoms with van der Waals surface area (Å²) in [6.45, 7) is 0.169. The third-order valence-electron chi connectivity index (χ3n) is 10.2. The van der Waals surface area contributed by atoms with Crippen LogP contribution in [0.1, 0.15) is 43.6 Å². The Kier molecular flexibility index (Phi) is 6.37. The number of rotatable bonds is 4. The molecule has 0 radical (unpaired) electrons. The normalized spacial score (nSPS) is 15.3. The van der Waals surface area contributed by atoms with Gasteiger partial charge in [0.15, 0.2) is 0 Å². The first-order valence-electron chi connectivity index (χ1n) is 16.5. The zero-order valence-corrected chi connectivity index (χ0v) is 25.4. The van der Waals surface area contributed by atoms with Gasteiger partial charge in [-0.15, -0.1) is 0 Å². The van der Waals surface area contributed by atoms with Gasteiger partial charge >= 0.3 is 0 Å². The fourth-order valence-electron chi connectivity index (χ4n) is 8.16. The summed E-state index contributed by atoms with van der Waals surface area (Å²) in [7, 11) is 0. The van der Waals surface area contributed by atoms with Gasteiger partial charge in [-0.25, -0.2) is 0 Å². The van der Waals surface area contributed by atoms with E-state index in [1.807, 2.05) is 0 Å². The van der Waals surface area contributed by atoms with Crippen LogP contribution in [0.15, 0.2) is 146 Å². The van der Waals surface area contributed by atoms with Crippen LogP contribution in [0.25, 0.3) is 11.1 Å². The molecule has 0 amide bonds. The molecule has 2 aliphatic heterocycles. The van der Waals surface area contributed by atoms with E-state index in [-0.39, 0.29) is 6.71 Å². The van der Waals surface area contributed by atoms with E-state index in [1.54, 1.807) is 0 Å². The van der Waals surface area contributed by atoms with Crippen molar-refractivity contribution in [2.45, 2.75) is 38.0 Å². The minimum Gasteiger partial charge on any atom is -0.311 e. The second-order valence-electron chi connectivity index (χ2n) is 12.8. The van der Waals surface area contributed by atoms with E-state index in [2.05, 4.69) is 155 Å². The van der Waals surface area contributed by atoms with Crippen LogP contribution in [0.4, 0.5) is 34.1 Å². The van der Waals surface area contributed by atoms with E-state index in [9.17, 15) is 0 Å². The summed E-state index contributed by atoms with van der Waals surface area (Å²) in [6.07, 6.45) is 6.53. The summed E-state index contributed by atoms with van der Waals surface area (Å²) in [6, 6.07) is 54.1. The topological polar surface area (TPSA) is 6.48 Å². The van der Waals surface area contributed by atoms with E-state index >= 15 is 0 Å². The third-order valence-corrected chi connectivity index (χ3v) is 10.2. The number of anilines is 6. The predicted molar refractivity (Wildman–Crippen MR) is 192 cm³/mol. The molecule has 1 fully saturated rings. The highest BCUT2D eigenvalue weighted by Gasteiger charge is 2.43. The zero-order chi connectivity index (χ0) is 29.7. The molecule has 3 heteroatoms. The fraction of sp³-hybridized carbons (Fsp3) is 0.143. The van der Waals surface area contributed by atoms with Gasteiger partial charge in [-0.1, -0.05) is 116 Å². The van der Waals surface area contributed by atoms with Crippen LogP contribution in [-0.2, 0) is 0 Å². The first-order valence-corrected chi connectivity index (χ1v) is 16.5. The Hall–Kier alpha value is -5.02. The Morgan fingerprint density at radius 3 is 1.53 bits per heavy atom. The summed E-state index contributed by atoms with van der Waals surface area (Å²) in [5.41, 5.74) is 15.7. The Morgan fingerprint density at radius 2 is 0.933 bits per heavy atom.